The van der Waals surface area contributed by atoms with Crippen molar-refractivity contribution in [2.24, 2.45) is 0 Å². The van der Waals surface area contributed by atoms with Crippen molar-refractivity contribution in [3.63, 3.8) is 0 Å². The summed E-state index contributed by atoms with van der Waals surface area (Å²) >= 11 is 0. The first-order valence-electron chi connectivity index (χ1n) is 8.85. The van der Waals surface area contributed by atoms with Crippen LogP contribution in [-0.4, -0.2) is 5.66 Å². The molecule has 130 valence electrons. The van der Waals surface area contributed by atoms with Gasteiger partial charge in [-0.05, 0) is 49.7 Å². The van der Waals surface area contributed by atoms with Gasteiger partial charge in [-0.3, -0.25) is 0 Å². The minimum atomic E-state index is -1.66. The predicted octanol–water partition coefficient (Wildman–Crippen LogP) is 2.17. The van der Waals surface area contributed by atoms with Crippen LogP contribution >= 0.6 is 7.26 Å². The third-order valence-corrected chi connectivity index (χ3v) is 9.78. The topological polar surface area (TPSA) is 0 Å². The van der Waals surface area contributed by atoms with Crippen molar-refractivity contribution in [2.75, 3.05) is 0 Å². The summed E-state index contributed by atoms with van der Waals surface area (Å²) in [5.74, 6) is 0. The molecule has 3 rings (SSSR count). The maximum absolute atomic E-state index is 2.45. The van der Waals surface area contributed by atoms with Crippen LogP contribution in [0, 0.1) is 0 Å². The van der Waals surface area contributed by atoms with Crippen molar-refractivity contribution in [3.05, 3.63) is 91.0 Å². The molecule has 3 aromatic rings. The number of hydrogen-bond donors (Lipinski definition) is 0. The van der Waals surface area contributed by atoms with Crippen LogP contribution in [0.5, 0.6) is 0 Å². The highest BCUT2D eigenvalue weighted by Gasteiger charge is 2.49. The third kappa shape index (κ3) is 3.89. The molecule has 0 aliphatic rings. The number of hydrogen-bond acceptors (Lipinski definition) is 0. The van der Waals surface area contributed by atoms with Gasteiger partial charge in [0, 0.05) is 0 Å². The van der Waals surface area contributed by atoms with Crippen LogP contribution in [0.1, 0.15) is 26.7 Å². The summed E-state index contributed by atoms with van der Waals surface area (Å²) in [7, 11) is -1.66. The van der Waals surface area contributed by atoms with Gasteiger partial charge in [0.2, 0.25) is 0 Å². The summed E-state index contributed by atoms with van der Waals surface area (Å²) in [5.41, 5.74) is 0.620. The second-order valence-corrected chi connectivity index (χ2v) is 10.2. The number of halogens is 1. The zero-order valence-electron chi connectivity index (χ0n) is 15.0. The van der Waals surface area contributed by atoms with E-state index in [4.69, 9.17) is 0 Å². The molecule has 1 atom stereocenters. The Morgan fingerprint density at radius 3 is 1.24 bits per heavy atom. The van der Waals surface area contributed by atoms with E-state index >= 15 is 0 Å². The Kier molecular flexibility index (Phi) is 7.41. The molecule has 0 N–H and O–H groups in total. The molecular formula is C23H26BrP. The van der Waals surface area contributed by atoms with E-state index in [1.807, 2.05) is 0 Å². The molecule has 1 unspecified atom stereocenters. The average molecular weight is 413 g/mol. The smallest absolute Gasteiger partial charge is 0.114 e. The Morgan fingerprint density at radius 1 is 0.640 bits per heavy atom. The Hall–Kier alpha value is -1.43. The highest BCUT2D eigenvalue weighted by atomic mass is 79.9. The molecule has 25 heavy (non-hydrogen) atoms. The largest absolute Gasteiger partial charge is 1.00 e. The first-order valence-corrected chi connectivity index (χ1v) is 10.7. The fourth-order valence-electron chi connectivity index (χ4n) is 3.81. The zero-order chi connectivity index (χ0) is 16.8. The minimum absolute atomic E-state index is 0. The number of benzene rings is 3. The van der Waals surface area contributed by atoms with E-state index in [0.29, 0.717) is 5.66 Å². The fraction of sp³-hybridized carbons (Fsp3) is 0.217. The summed E-state index contributed by atoms with van der Waals surface area (Å²) in [5, 5.41) is 4.47. The van der Waals surface area contributed by atoms with Gasteiger partial charge in [0.15, 0.2) is 0 Å². The molecule has 0 amide bonds. The monoisotopic (exact) mass is 412 g/mol. The van der Waals surface area contributed by atoms with Crippen molar-refractivity contribution >= 4 is 23.2 Å². The van der Waals surface area contributed by atoms with Crippen LogP contribution < -0.4 is 32.9 Å². The normalized spacial score (nSPS) is 12.2. The van der Waals surface area contributed by atoms with Crippen LogP contribution in [0.15, 0.2) is 91.0 Å². The lowest BCUT2D eigenvalue weighted by Gasteiger charge is -2.33. The highest BCUT2D eigenvalue weighted by Crippen LogP contribution is 2.60. The molecule has 0 bridgehead atoms. The van der Waals surface area contributed by atoms with Crippen LogP contribution in [0.4, 0.5) is 0 Å². The molecule has 0 radical (unpaired) electrons. The Bertz CT molecular complexity index is 644. The SMILES string of the molecule is CCCC(C)[P+](c1ccccc1)(c1ccccc1)c1ccccc1.[Br-]. The molecular weight excluding hydrogens is 387 g/mol. The summed E-state index contributed by atoms with van der Waals surface area (Å²) in [4.78, 5) is 0. The molecule has 0 spiro atoms. The van der Waals surface area contributed by atoms with E-state index in [-0.39, 0.29) is 17.0 Å². The van der Waals surface area contributed by atoms with Crippen molar-refractivity contribution < 1.29 is 17.0 Å². The molecule has 0 aliphatic heterocycles. The van der Waals surface area contributed by atoms with Gasteiger partial charge in [-0.15, -0.1) is 0 Å². The predicted molar refractivity (Wildman–Crippen MR) is 110 cm³/mol. The summed E-state index contributed by atoms with van der Waals surface area (Å²) in [6.45, 7) is 4.75. The first-order chi connectivity index (χ1) is 11.8. The van der Waals surface area contributed by atoms with Crippen LogP contribution in [-0.2, 0) is 0 Å². The van der Waals surface area contributed by atoms with Gasteiger partial charge in [-0.25, -0.2) is 0 Å². The minimum Gasteiger partial charge on any atom is -1.00 e. The van der Waals surface area contributed by atoms with Crippen molar-refractivity contribution in [3.8, 4) is 0 Å². The molecule has 0 saturated heterocycles. The van der Waals surface area contributed by atoms with E-state index in [1.165, 1.54) is 28.8 Å². The van der Waals surface area contributed by atoms with Crippen molar-refractivity contribution in [2.45, 2.75) is 32.3 Å². The molecule has 0 aliphatic carbocycles. The van der Waals surface area contributed by atoms with E-state index in [9.17, 15) is 0 Å². The first kappa shape index (κ1) is 19.9. The Labute approximate surface area is 163 Å². The molecule has 0 fully saturated rings. The van der Waals surface area contributed by atoms with Crippen LogP contribution in [0.25, 0.3) is 0 Å². The summed E-state index contributed by atoms with van der Waals surface area (Å²) < 4.78 is 0. The lowest BCUT2D eigenvalue weighted by Crippen LogP contribution is -3.00. The van der Waals surface area contributed by atoms with Crippen molar-refractivity contribution in [1.29, 1.82) is 0 Å². The van der Waals surface area contributed by atoms with E-state index < -0.39 is 7.26 Å². The van der Waals surface area contributed by atoms with Gasteiger partial charge in [0.1, 0.15) is 23.2 Å². The lowest BCUT2D eigenvalue weighted by molar-refractivity contribution is -0.00000481. The van der Waals surface area contributed by atoms with E-state index in [1.54, 1.807) is 0 Å². The molecule has 0 aromatic heterocycles. The molecule has 3 aromatic carbocycles. The average Bonchev–Trinajstić information content (AvgIpc) is 2.65. The van der Waals surface area contributed by atoms with E-state index in [0.717, 1.165) is 0 Å². The highest BCUT2D eigenvalue weighted by molar-refractivity contribution is 7.96. The van der Waals surface area contributed by atoms with E-state index in [2.05, 4.69) is 105 Å². The fourth-order valence-corrected chi connectivity index (χ4v) is 8.81. The standard InChI is InChI=1S/C23H26P.BrH/c1-3-13-20(2)24(21-14-7-4-8-15-21,22-16-9-5-10-17-22)23-18-11-6-12-19-23;/h4-12,14-20H,3,13H2,1-2H3;1H/q+1;/p-1. The lowest BCUT2D eigenvalue weighted by atomic mass is 10.3. The van der Waals surface area contributed by atoms with Gasteiger partial charge in [-0.1, -0.05) is 67.9 Å². The summed E-state index contributed by atoms with van der Waals surface area (Å²) in [6, 6.07) is 33.5. The second kappa shape index (κ2) is 9.32. The summed E-state index contributed by atoms with van der Waals surface area (Å²) in [6.07, 6.45) is 2.46. The van der Waals surface area contributed by atoms with Gasteiger partial charge in [-0.2, -0.15) is 0 Å². The van der Waals surface area contributed by atoms with Gasteiger partial charge < -0.3 is 17.0 Å². The third-order valence-electron chi connectivity index (χ3n) is 4.86. The quantitative estimate of drug-likeness (QED) is 0.544. The number of rotatable bonds is 6. The van der Waals surface area contributed by atoms with Crippen LogP contribution in [0.2, 0.25) is 0 Å². The molecule has 0 saturated carbocycles. The van der Waals surface area contributed by atoms with Gasteiger partial charge in [0.05, 0.1) is 5.66 Å². The second-order valence-electron chi connectivity index (χ2n) is 6.37. The maximum atomic E-state index is 2.45. The Balaban J connectivity index is 0.00000225. The zero-order valence-corrected chi connectivity index (χ0v) is 17.5. The van der Waals surface area contributed by atoms with Crippen molar-refractivity contribution in [1.82, 2.24) is 0 Å². The maximum Gasteiger partial charge on any atom is 0.114 e. The molecule has 2 heteroatoms. The van der Waals surface area contributed by atoms with Crippen LogP contribution in [0.3, 0.4) is 0 Å². The Morgan fingerprint density at radius 2 is 0.960 bits per heavy atom. The van der Waals surface area contributed by atoms with Gasteiger partial charge in [0.25, 0.3) is 0 Å². The molecule has 0 heterocycles. The molecule has 0 nitrogen and oxygen atoms in total. The van der Waals surface area contributed by atoms with Gasteiger partial charge >= 0.3 is 0 Å².